The molecule has 0 fully saturated rings. The number of benzene rings is 1. The van der Waals surface area contributed by atoms with Gasteiger partial charge in [-0.25, -0.2) is 13.4 Å². The van der Waals surface area contributed by atoms with E-state index < -0.39 is 16.1 Å². The third kappa shape index (κ3) is 2.32. The van der Waals surface area contributed by atoms with Crippen LogP contribution in [0, 0.1) is 0 Å². The van der Waals surface area contributed by atoms with E-state index in [1.165, 1.54) is 6.34 Å². The van der Waals surface area contributed by atoms with Crippen LogP contribution in [0.15, 0.2) is 34.2 Å². The summed E-state index contributed by atoms with van der Waals surface area (Å²) >= 11 is 0. The van der Waals surface area contributed by atoms with Crippen molar-refractivity contribution in [2.45, 2.75) is 18.0 Å². The summed E-state index contributed by atoms with van der Waals surface area (Å²) in [5.74, 6) is 0.0531. The first-order valence-corrected chi connectivity index (χ1v) is 6.99. The van der Waals surface area contributed by atoms with Gasteiger partial charge >= 0.3 is 0 Å². The van der Waals surface area contributed by atoms with Crippen molar-refractivity contribution in [3.8, 4) is 0 Å². The topological polar surface area (TPSA) is 70.0 Å². The van der Waals surface area contributed by atoms with Crippen LogP contribution in [0.5, 0.6) is 0 Å². The van der Waals surface area contributed by atoms with Crippen LogP contribution >= 0.6 is 0 Å². The number of aliphatic imine (C=N–C) groups is 1. The molecule has 5 nitrogen and oxygen atoms in total. The summed E-state index contributed by atoms with van der Waals surface area (Å²) in [4.78, 5) is 5.73. The molecule has 1 atom stereocenters. The molecule has 0 radical (unpaired) electrons. The molecular formula is C11H14N2O3S. The first kappa shape index (κ1) is 12.1. The second-order valence-electron chi connectivity index (χ2n) is 3.77. The summed E-state index contributed by atoms with van der Waals surface area (Å²) in [6, 6.07) is 6.75. The lowest BCUT2D eigenvalue weighted by Gasteiger charge is -2.18. The Hall–Kier alpha value is -1.40. The average molecular weight is 254 g/mol. The Labute approximate surface area is 100 Å². The predicted molar refractivity (Wildman–Crippen MR) is 66.0 cm³/mol. The second-order valence-corrected chi connectivity index (χ2v) is 6.02. The minimum atomic E-state index is -3.27. The van der Waals surface area contributed by atoms with Gasteiger partial charge in [0.15, 0.2) is 16.1 Å². The molecule has 0 bridgehead atoms. The lowest BCUT2D eigenvalue weighted by molar-refractivity contribution is 0.202. The number of hydrogen-bond acceptors (Lipinski definition) is 5. The summed E-state index contributed by atoms with van der Waals surface area (Å²) in [6.45, 7) is 1.90. The van der Waals surface area contributed by atoms with Crippen molar-refractivity contribution in [1.29, 1.82) is 0 Å². The normalized spacial score (nSPS) is 19.9. The lowest BCUT2D eigenvalue weighted by Crippen LogP contribution is -2.24. The largest absolute Gasteiger partial charge is 0.370 e. The van der Waals surface area contributed by atoms with Crippen LogP contribution in [0.2, 0.25) is 0 Å². The van der Waals surface area contributed by atoms with Crippen LogP contribution < -0.4 is 4.90 Å². The number of aliphatic hydroxyl groups is 1. The van der Waals surface area contributed by atoms with E-state index in [1.54, 1.807) is 36.1 Å². The third-order valence-electron chi connectivity index (χ3n) is 2.63. The number of anilines is 1. The van der Waals surface area contributed by atoms with Crippen LogP contribution in [0.25, 0.3) is 0 Å². The molecule has 0 saturated heterocycles. The first-order valence-electron chi connectivity index (χ1n) is 5.34. The number of rotatable bonds is 3. The maximum absolute atomic E-state index is 11.9. The van der Waals surface area contributed by atoms with Gasteiger partial charge in [0.25, 0.3) is 0 Å². The van der Waals surface area contributed by atoms with Gasteiger partial charge in [-0.05, 0) is 12.1 Å². The number of aliphatic hydroxyl groups excluding tert-OH is 1. The first-order chi connectivity index (χ1) is 8.04. The monoisotopic (exact) mass is 254 g/mol. The summed E-state index contributed by atoms with van der Waals surface area (Å²) in [5.41, 5.74) is 0.564. The van der Waals surface area contributed by atoms with Crippen molar-refractivity contribution in [3.63, 3.8) is 0 Å². The molecule has 1 aliphatic rings. The van der Waals surface area contributed by atoms with Crippen molar-refractivity contribution in [1.82, 2.24) is 0 Å². The van der Waals surface area contributed by atoms with E-state index in [0.717, 1.165) is 0 Å². The van der Waals surface area contributed by atoms with Gasteiger partial charge in [-0.1, -0.05) is 19.1 Å². The number of para-hydroxylation sites is 1. The molecular weight excluding hydrogens is 240 g/mol. The molecule has 2 rings (SSSR count). The molecule has 0 saturated carbocycles. The Balaban J connectivity index is 2.45. The molecule has 1 N–H and O–H groups in total. The second kappa shape index (κ2) is 4.46. The molecule has 6 heteroatoms. The minimum Gasteiger partial charge on any atom is -0.370 e. The Morgan fingerprint density at radius 2 is 2.18 bits per heavy atom. The SMILES string of the molecule is CCS(=O)(=O)c1ccccc1N1C=NC(O)C1. The van der Waals surface area contributed by atoms with E-state index >= 15 is 0 Å². The van der Waals surface area contributed by atoms with Gasteiger partial charge in [-0.3, -0.25) is 0 Å². The summed E-state index contributed by atoms with van der Waals surface area (Å²) in [5, 5.41) is 9.32. The van der Waals surface area contributed by atoms with E-state index in [-0.39, 0.29) is 17.2 Å². The van der Waals surface area contributed by atoms with Crippen LogP contribution in [-0.2, 0) is 9.84 Å². The Bertz CT molecular complexity index is 539. The molecule has 92 valence electrons. The molecule has 0 aromatic heterocycles. The van der Waals surface area contributed by atoms with Gasteiger partial charge in [0.05, 0.1) is 29.2 Å². The van der Waals surface area contributed by atoms with Crippen molar-refractivity contribution < 1.29 is 13.5 Å². The molecule has 0 aliphatic carbocycles. The summed E-state index contributed by atoms with van der Waals surface area (Å²) in [7, 11) is -3.27. The van der Waals surface area contributed by atoms with Gasteiger partial charge in [-0.2, -0.15) is 0 Å². The van der Waals surface area contributed by atoms with Crippen molar-refractivity contribution in [2.75, 3.05) is 17.2 Å². The highest BCUT2D eigenvalue weighted by Gasteiger charge is 2.23. The van der Waals surface area contributed by atoms with E-state index in [9.17, 15) is 13.5 Å². The van der Waals surface area contributed by atoms with E-state index in [4.69, 9.17) is 0 Å². The van der Waals surface area contributed by atoms with Crippen LogP contribution in [0.1, 0.15) is 6.92 Å². The number of β-amino-alcohol motifs (C(OH)–C–C–N with tert-alkyl or cyclic N) is 1. The zero-order chi connectivity index (χ0) is 12.5. The van der Waals surface area contributed by atoms with Gasteiger partial charge < -0.3 is 10.0 Å². The molecule has 1 heterocycles. The zero-order valence-electron chi connectivity index (χ0n) is 9.44. The minimum absolute atomic E-state index is 0.0531. The molecule has 1 aromatic rings. The fourth-order valence-electron chi connectivity index (χ4n) is 1.70. The van der Waals surface area contributed by atoms with Crippen molar-refractivity contribution >= 4 is 21.9 Å². The molecule has 0 spiro atoms. The molecule has 1 aromatic carbocycles. The van der Waals surface area contributed by atoms with Gasteiger partial charge in [0.1, 0.15) is 0 Å². The lowest BCUT2D eigenvalue weighted by atomic mass is 10.3. The average Bonchev–Trinajstić information content (AvgIpc) is 2.76. The maximum atomic E-state index is 11.9. The Morgan fingerprint density at radius 3 is 2.76 bits per heavy atom. The smallest absolute Gasteiger partial charge is 0.180 e. The number of hydrogen-bond donors (Lipinski definition) is 1. The highest BCUT2D eigenvalue weighted by atomic mass is 32.2. The zero-order valence-corrected chi connectivity index (χ0v) is 10.3. The predicted octanol–water partition coefficient (Wildman–Crippen LogP) is 0.647. The van der Waals surface area contributed by atoms with Gasteiger partial charge in [0, 0.05) is 0 Å². The standard InChI is InChI=1S/C11H14N2O3S/c1-2-17(15,16)10-6-4-3-5-9(10)13-7-11(14)12-8-13/h3-6,8,11,14H,2,7H2,1H3. The Kier molecular flexibility index (Phi) is 3.17. The maximum Gasteiger partial charge on any atom is 0.180 e. The molecule has 0 amide bonds. The fourth-order valence-corrected chi connectivity index (χ4v) is 2.80. The van der Waals surface area contributed by atoms with Crippen LogP contribution in [-0.4, -0.2) is 38.4 Å². The van der Waals surface area contributed by atoms with Gasteiger partial charge in [0.2, 0.25) is 0 Å². The van der Waals surface area contributed by atoms with E-state index in [0.29, 0.717) is 5.69 Å². The van der Waals surface area contributed by atoms with Gasteiger partial charge in [-0.15, -0.1) is 0 Å². The summed E-state index contributed by atoms with van der Waals surface area (Å²) < 4.78 is 23.9. The third-order valence-corrected chi connectivity index (χ3v) is 4.40. The quantitative estimate of drug-likeness (QED) is 0.859. The van der Waals surface area contributed by atoms with E-state index in [1.807, 2.05) is 0 Å². The van der Waals surface area contributed by atoms with Crippen molar-refractivity contribution in [3.05, 3.63) is 24.3 Å². The van der Waals surface area contributed by atoms with Crippen LogP contribution in [0.4, 0.5) is 5.69 Å². The number of sulfone groups is 1. The van der Waals surface area contributed by atoms with Crippen LogP contribution in [0.3, 0.4) is 0 Å². The molecule has 17 heavy (non-hydrogen) atoms. The van der Waals surface area contributed by atoms with Crippen molar-refractivity contribution in [2.24, 2.45) is 4.99 Å². The number of nitrogens with zero attached hydrogens (tertiary/aromatic N) is 2. The Morgan fingerprint density at radius 1 is 1.47 bits per heavy atom. The summed E-state index contributed by atoms with van der Waals surface area (Å²) in [6.07, 6.45) is 0.682. The van der Waals surface area contributed by atoms with E-state index in [2.05, 4.69) is 4.99 Å². The molecule has 1 aliphatic heterocycles. The fraction of sp³-hybridized carbons (Fsp3) is 0.364. The highest BCUT2D eigenvalue weighted by molar-refractivity contribution is 7.91. The highest BCUT2D eigenvalue weighted by Crippen LogP contribution is 2.26. The molecule has 1 unspecified atom stereocenters.